The minimum absolute atomic E-state index is 0.0740. The van der Waals surface area contributed by atoms with E-state index in [0.29, 0.717) is 25.6 Å². The van der Waals surface area contributed by atoms with E-state index in [-0.39, 0.29) is 30.5 Å². The second-order valence-corrected chi connectivity index (χ2v) is 12.5. The Morgan fingerprint density at radius 3 is 2.08 bits per heavy atom. The summed E-state index contributed by atoms with van der Waals surface area (Å²) in [5.74, 6) is 0. The Morgan fingerprint density at radius 1 is 0.760 bits per heavy atom. The van der Waals surface area contributed by atoms with Gasteiger partial charge in [0.25, 0.3) is 0 Å². The molecule has 4 rings (SSSR count). The fourth-order valence-electron chi connectivity index (χ4n) is 4.45. The SMILES string of the molecule is NCCC[Si]1(O)OC2CCCCC3O[Si]4(CCCN)OC3C(O4)C2O1. The van der Waals surface area contributed by atoms with Gasteiger partial charge in [-0.15, -0.1) is 0 Å². The van der Waals surface area contributed by atoms with E-state index in [1.165, 1.54) is 0 Å². The van der Waals surface area contributed by atoms with E-state index in [2.05, 4.69) is 0 Å². The van der Waals surface area contributed by atoms with E-state index < -0.39 is 17.6 Å². The van der Waals surface area contributed by atoms with Gasteiger partial charge in [-0.05, 0) is 38.8 Å². The maximum Gasteiger partial charge on any atom is 0.502 e. The van der Waals surface area contributed by atoms with E-state index in [1.807, 2.05) is 0 Å². The van der Waals surface area contributed by atoms with Crippen molar-refractivity contribution in [3.63, 3.8) is 0 Å². The molecule has 2 bridgehead atoms. The van der Waals surface area contributed by atoms with Crippen LogP contribution in [0, 0.1) is 0 Å². The molecule has 0 radical (unpaired) electrons. The normalized spacial score (nSPS) is 48.8. The quantitative estimate of drug-likeness (QED) is 0.546. The van der Waals surface area contributed by atoms with Gasteiger partial charge in [0.15, 0.2) is 0 Å². The predicted molar refractivity (Wildman–Crippen MR) is 93.5 cm³/mol. The third kappa shape index (κ3) is 3.49. The highest BCUT2D eigenvalue weighted by atomic mass is 28.4. The summed E-state index contributed by atoms with van der Waals surface area (Å²) >= 11 is 0. The zero-order valence-corrected chi connectivity index (χ0v) is 16.6. The zero-order chi connectivity index (χ0) is 17.5. The largest absolute Gasteiger partial charge is 0.502 e. The van der Waals surface area contributed by atoms with Crippen LogP contribution in [0.15, 0.2) is 0 Å². The summed E-state index contributed by atoms with van der Waals surface area (Å²) < 4.78 is 31.1. The Hall–Kier alpha value is 0.114. The molecule has 3 aliphatic heterocycles. The van der Waals surface area contributed by atoms with E-state index in [1.54, 1.807) is 0 Å². The van der Waals surface area contributed by atoms with Crippen molar-refractivity contribution in [1.82, 2.24) is 0 Å². The van der Waals surface area contributed by atoms with E-state index in [9.17, 15) is 4.80 Å². The standard InChI is InChI=1S/C15H30N2O6Si2/c16-7-3-9-24(18)19-11-5-1-2-6-12-14-15(13(11)21-24)23-25(20-12,22-14)10-4-8-17/h11-15,18H,1-10,16-17H2. The third-order valence-corrected chi connectivity index (χ3v) is 10.8. The molecule has 0 aromatic carbocycles. The van der Waals surface area contributed by atoms with Gasteiger partial charge in [0.2, 0.25) is 0 Å². The monoisotopic (exact) mass is 390 g/mol. The van der Waals surface area contributed by atoms with Gasteiger partial charge >= 0.3 is 17.6 Å². The topological polar surface area (TPSA) is 118 Å². The minimum atomic E-state index is -3.17. The lowest BCUT2D eigenvalue weighted by atomic mass is 9.98. The van der Waals surface area contributed by atoms with Crippen molar-refractivity contribution in [1.29, 1.82) is 0 Å². The molecule has 4 aliphatic rings. The van der Waals surface area contributed by atoms with E-state index in [0.717, 1.165) is 38.1 Å². The van der Waals surface area contributed by atoms with Gasteiger partial charge in [-0.25, -0.2) is 0 Å². The van der Waals surface area contributed by atoms with Gasteiger partial charge in [0, 0.05) is 12.1 Å². The minimum Gasteiger partial charge on any atom is -0.390 e. The summed E-state index contributed by atoms with van der Waals surface area (Å²) in [6.07, 6.45) is 4.86. The molecule has 144 valence electrons. The van der Waals surface area contributed by atoms with E-state index >= 15 is 0 Å². The first-order valence-corrected chi connectivity index (χ1v) is 13.5. The Kier molecular flexibility index (Phi) is 5.37. The van der Waals surface area contributed by atoms with Gasteiger partial charge < -0.3 is 38.4 Å². The first kappa shape index (κ1) is 18.5. The van der Waals surface area contributed by atoms with Crippen LogP contribution >= 0.6 is 0 Å². The molecule has 8 nitrogen and oxygen atoms in total. The zero-order valence-electron chi connectivity index (χ0n) is 14.6. The number of fused-ring (bicyclic) bond motifs is 3. The average Bonchev–Trinajstić information content (AvgIpc) is 3.24. The molecule has 1 saturated carbocycles. The van der Waals surface area contributed by atoms with Crippen LogP contribution in [0.25, 0.3) is 0 Å². The highest BCUT2D eigenvalue weighted by Crippen LogP contribution is 2.47. The first-order chi connectivity index (χ1) is 12.1. The molecule has 0 amide bonds. The average molecular weight is 391 g/mol. The highest BCUT2D eigenvalue weighted by Gasteiger charge is 2.67. The van der Waals surface area contributed by atoms with Crippen molar-refractivity contribution in [3.05, 3.63) is 0 Å². The molecule has 7 atom stereocenters. The second kappa shape index (κ2) is 7.26. The number of nitrogens with two attached hydrogens (primary N) is 2. The van der Waals surface area contributed by atoms with Crippen molar-refractivity contribution in [2.45, 2.75) is 81.1 Å². The van der Waals surface area contributed by atoms with Crippen LogP contribution < -0.4 is 11.5 Å². The summed E-state index contributed by atoms with van der Waals surface area (Å²) in [7, 11) is -5.83. The highest BCUT2D eigenvalue weighted by molar-refractivity contribution is 6.62. The maximum absolute atomic E-state index is 10.8. The number of rotatable bonds is 6. The van der Waals surface area contributed by atoms with Gasteiger partial charge in [-0.3, -0.25) is 0 Å². The molecule has 7 unspecified atom stereocenters. The molecule has 0 aromatic rings. The van der Waals surface area contributed by atoms with Crippen LogP contribution in [0.4, 0.5) is 0 Å². The van der Waals surface area contributed by atoms with Gasteiger partial charge in [-0.2, -0.15) is 0 Å². The number of hydrogen-bond donors (Lipinski definition) is 3. The van der Waals surface area contributed by atoms with Crippen LogP contribution in [-0.4, -0.2) is 66.0 Å². The Bertz CT molecular complexity index is 489. The molecular formula is C15H30N2O6Si2. The molecule has 0 spiro atoms. The lowest BCUT2D eigenvalue weighted by Gasteiger charge is -2.34. The molecule has 0 aromatic heterocycles. The van der Waals surface area contributed by atoms with Crippen LogP contribution in [0.1, 0.15) is 38.5 Å². The van der Waals surface area contributed by atoms with Crippen LogP contribution in [-0.2, 0) is 22.1 Å². The molecule has 10 heteroatoms. The van der Waals surface area contributed by atoms with Crippen molar-refractivity contribution in [3.8, 4) is 0 Å². The summed E-state index contributed by atoms with van der Waals surface area (Å²) in [5.41, 5.74) is 11.3. The molecule has 25 heavy (non-hydrogen) atoms. The van der Waals surface area contributed by atoms with Crippen molar-refractivity contribution >= 4 is 17.6 Å². The van der Waals surface area contributed by atoms with E-state index in [4.69, 9.17) is 33.6 Å². The molecule has 3 saturated heterocycles. The molecule has 3 heterocycles. The molecule has 4 fully saturated rings. The smallest absolute Gasteiger partial charge is 0.390 e. The van der Waals surface area contributed by atoms with Crippen molar-refractivity contribution < 1.29 is 26.9 Å². The predicted octanol–water partition coefficient (Wildman–Crippen LogP) is 0.0949. The first-order valence-electron chi connectivity index (χ1n) is 9.60. The van der Waals surface area contributed by atoms with Crippen LogP contribution in [0.3, 0.4) is 0 Å². The Labute approximate surface area is 150 Å². The molecule has 5 N–H and O–H groups in total. The summed E-state index contributed by atoms with van der Waals surface area (Å²) in [6.45, 7) is 1.12. The Morgan fingerprint density at radius 2 is 1.36 bits per heavy atom. The molecule has 1 aliphatic carbocycles. The van der Waals surface area contributed by atoms with Crippen molar-refractivity contribution in [2.24, 2.45) is 11.5 Å². The van der Waals surface area contributed by atoms with Gasteiger partial charge in [-0.1, -0.05) is 12.8 Å². The second-order valence-electron chi connectivity index (χ2n) is 7.52. The molecular weight excluding hydrogens is 360 g/mol. The fourth-order valence-corrected chi connectivity index (χ4v) is 10.1. The lowest BCUT2D eigenvalue weighted by Crippen LogP contribution is -2.52. The third-order valence-electron chi connectivity index (χ3n) is 5.61. The Balaban J connectivity index is 1.53. The summed E-state index contributed by atoms with van der Waals surface area (Å²) in [6, 6.07) is 1.25. The van der Waals surface area contributed by atoms with Crippen molar-refractivity contribution in [2.75, 3.05) is 13.1 Å². The van der Waals surface area contributed by atoms with Gasteiger partial charge in [0.1, 0.15) is 18.3 Å². The summed E-state index contributed by atoms with van der Waals surface area (Å²) in [4.78, 5) is 10.8. The number of hydrogen-bond acceptors (Lipinski definition) is 8. The summed E-state index contributed by atoms with van der Waals surface area (Å²) in [5, 5.41) is 0. The van der Waals surface area contributed by atoms with Gasteiger partial charge in [0.05, 0.1) is 12.2 Å². The lowest BCUT2D eigenvalue weighted by molar-refractivity contribution is -0.0453. The fraction of sp³-hybridized carbons (Fsp3) is 1.00. The van der Waals surface area contributed by atoms with Crippen LogP contribution in [0.5, 0.6) is 0 Å². The van der Waals surface area contributed by atoms with Crippen LogP contribution in [0.2, 0.25) is 12.1 Å². The maximum atomic E-state index is 10.8.